The van der Waals surface area contributed by atoms with Gasteiger partial charge in [0.05, 0.1) is 0 Å². The second-order valence-electron chi connectivity index (χ2n) is 5.06. The molecular formula is C17H15N3O2. The molecule has 2 aromatic carbocycles. The van der Waals surface area contributed by atoms with Gasteiger partial charge in [0, 0.05) is 16.3 Å². The molecule has 0 spiro atoms. The SMILES string of the molecule is Cc1ccc(-c2nnc(NCC(=O)O)c3ccccc23)cc1. The van der Waals surface area contributed by atoms with E-state index in [1.54, 1.807) is 0 Å². The zero-order valence-electron chi connectivity index (χ0n) is 12.1. The predicted octanol–water partition coefficient (Wildman–Crippen LogP) is 3.10. The molecule has 0 aliphatic rings. The molecule has 0 amide bonds. The number of rotatable bonds is 4. The van der Waals surface area contributed by atoms with Crippen LogP contribution in [0.1, 0.15) is 5.56 Å². The van der Waals surface area contributed by atoms with Crippen LogP contribution in [0.15, 0.2) is 48.5 Å². The summed E-state index contributed by atoms with van der Waals surface area (Å²) in [4.78, 5) is 10.7. The first-order valence-corrected chi connectivity index (χ1v) is 6.93. The highest BCUT2D eigenvalue weighted by Crippen LogP contribution is 2.29. The third-order valence-corrected chi connectivity index (χ3v) is 3.42. The van der Waals surface area contributed by atoms with Gasteiger partial charge in [-0.2, -0.15) is 0 Å². The van der Waals surface area contributed by atoms with Gasteiger partial charge < -0.3 is 10.4 Å². The van der Waals surface area contributed by atoms with E-state index in [1.807, 2.05) is 55.5 Å². The Morgan fingerprint density at radius 1 is 1.05 bits per heavy atom. The van der Waals surface area contributed by atoms with Crippen LogP contribution < -0.4 is 5.32 Å². The molecule has 2 N–H and O–H groups in total. The summed E-state index contributed by atoms with van der Waals surface area (Å²) in [5, 5.41) is 21.8. The minimum atomic E-state index is -0.937. The highest BCUT2D eigenvalue weighted by atomic mass is 16.4. The minimum Gasteiger partial charge on any atom is -0.480 e. The van der Waals surface area contributed by atoms with E-state index >= 15 is 0 Å². The van der Waals surface area contributed by atoms with Crippen molar-refractivity contribution < 1.29 is 9.90 Å². The lowest BCUT2D eigenvalue weighted by Crippen LogP contribution is -2.14. The Morgan fingerprint density at radius 3 is 2.41 bits per heavy atom. The Bertz CT molecular complexity index is 829. The van der Waals surface area contributed by atoms with E-state index in [2.05, 4.69) is 15.5 Å². The van der Waals surface area contributed by atoms with Crippen LogP contribution in [0.2, 0.25) is 0 Å². The van der Waals surface area contributed by atoms with Crippen LogP contribution in [-0.4, -0.2) is 27.8 Å². The number of carboxylic acid groups (broad SMARTS) is 1. The smallest absolute Gasteiger partial charge is 0.322 e. The van der Waals surface area contributed by atoms with Crippen molar-refractivity contribution >= 4 is 22.6 Å². The van der Waals surface area contributed by atoms with Gasteiger partial charge in [-0.25, -0.2) is 0 Å². The number of hydrogen-bond donors (Lipinski definition) is 2. The normalized spacial score (nSPS) is 10.6. The summed E-state index contributed by atoms with van der Waals surface area (Å²) < 4.78 is 0. The maximum atomic E-state index is 10.7. The molecule has 0 radical (unpaired) electrons. The van der Waals surface area contributed by atoms with Gasteiger partial charge in [-0.05, 0) is 6.92 Å². The summed E-state index contributed by atoms with van der Waals surface area (Å²) in [5.41, 5.74) is 2.95. The van der Waals surface area contributed by atoms with Gasteiger partial charge in [0.1, 0.15) is 12.2 Å². The van der Waals surface area contributed by atoms with Crippen molar-refractivity contribution in [3.05, 3.63) is 54.1 Å². The van der Waals surface area contributed by atoms with E-state index in [0.29, 0.717) is 5.82 Å². The second kappa shape index (κ2) is 5.81. The molecule has 0 fully saturated rings. The van der Waals surface area contributed by atoms with Crippen molar-refractivity contribution in [3.8, 4) is 11.3 Å². The van der Waals surface area contributed by atoms with E-state index < -0.39 is 5.97 Å². The summed E-state index contributed by atoms with van der Waals surface area (Å²) in [6.45, 7) is 1.84. The first-order valence-electron chi connectivity index (χ1n) is 6.93. The first kappa shape index (κ1) is 14.0. The van der Waals surface area contributed by atoms with E-state index in [0.717, 1.165) is 22.0 Å². The van der Waals surface area contributed by atoms with Crippen molar-refractivity contribution in [1.82, 2.24) is 10.2 Å². The Hall–Kier alpha value is -2.95. The van der Waals surface area contributed by atoms with Crippen LogP contribution in [0.3, 0.4) is 0 Å². The molecule has 0 saturated heterocycles. The molecular weight excluding hydrogens is 278 g/mol. The molecule has 1 heterocycles. The maximum absolute atomic E-state index is 10.7. The van der Waals surface area contributed by atoms with Crippen molar-refractivity contribution in [1.29, 1.82) is 0 Å². The first-order chi connectivity index (χ1) is 10.6. The molecule has 0 aliphatic carbocycles. The number of fused-ring (bicyclic) bond motifs is 1. The summed E-state index contributed by atoms with van der Waals surface area (Å²) in [7, 11) is 0. The van der Waals surface area contributed by atoms with E-state index in [4.69, 9.17) is 5.11 Å². The molecule has 0 saturated carbocycles. The van der Waals surface area contributed by atoms with Gasteiger partial charge in [-0.15, -0.1) is 10.2 Å². The van der Waals surface area contributed by atoms with E-state index in [-0.39, 0.29) is 6.54 Å². The highest BCUT2D eigenvalue weighted by Gasteiger charge is 2.11. The van der Waals surface area contributed by atoms with Gasteiger partial charge >= 0.3 is 5.97 Å². The molecule has 0 atom stereocenters. The third kappa shape index (κ3) is 2.74. The van der Waals surface area contributed by atoms with Gasteiger partial charge in [-0.3, -0.25) is 4.79 Å². The molecule has 3 rings (SSSR count). The summed E-state index contributed by atoms with van der Waals surface area (Å²) in [6, 6.07) is 15.8. The summed E-state index contributed by atoms with van der Waals surface area (Å²) >= 11 is 0. The fraction of sp³-hybridized carbons (Fsp3) is 0.118. The minimum absolute atomic E-state index is 0.192. The zero-order chi connectivity index (χ0) is 15.5. The number of aromatic nitrogens is 2. The molecule has 5 nitrogen and oxygen atoms in total. The van der Waals surface area contributed by atoms with Crippen LogP contribution in [0, 0.1) is 6.92 Å². The average Bonchev–Trinajstić information content (AvgIpc) is 2.53. The Balaban J connectivity index is 2.11. The zero-order valence-corrected chi connectivity index (χ0v) is 12.1. The fourth-order valence-corrected chi connectivity index (χ4v) is 2.32. The molecule has 0 aliphatic heterocycles. The number of hydrogen-bond acceptors (Lipinski definition) is 4. The van der Waals surface area contributed by atoms with Gasteiger partial charge in [0.25, 0.3) is 0 Å². The van der Waals surface area contributed by atoms with Crippen molar-refractivity contribution in [2.75, 3.05) is 11.9 Å². The lowest BCUT2D eigenvalue weighted by atomic mass is 10.0. The lowest BCUT2D eigenvalue weighted by Gasteiger charge is -2.10. The van der Waals surface area contributed by atoms with Gasteiger partial charge in [-0.1, -0.05) is 54.1 Å². The van der Waals surface area contributed by atoms with Crippen molar-refractivity contribution in [2.24, 2.45) is 0 Å². The highest BCUT2D eigenvalue weighted by molar-refractivity contribution is 6.00. The summed E-state index contributed by atoms with van der Waals surface area (Å²) in [6.07, 6.45) is 0. The third-order valence-electron chi connectivity index (χ3n) is 3.42. The predicted molar refractivity (Wildman–Crippen MR) is 85.8 cm³/mol. The Kier molecular flexibility index (Phi) is 3.70. The number of aliphatic carboxylic acids is 1. The molecule has 1 aromatic heterocycles. The number of anilines is 1. The fourth-order valence-electron chi connectivity index (χ4n) is 2.32. The molecule has 0 bridgehead atoms. The van der Waals surface area contributed by atoms with Crippen LogP contribution in [-0.2, 0) is 4.79 Å². The Labute approximate surface area is 127 Å². The lowest BCUT2D eigenvalue weighted by molar-refractivity contribution is -0.134. The van der Waals surface area contributed by atoms with Crippen LogP contribution in [0.4, 0.5) is 5.82 Å². The van der Waals surface area contributed by atoms with E-state index in [1.165, 1.54) is 5.56 Å². The van der Waals surface area contributed by atoms with Crippen LogP contribution in [0.5, 0.6) is 0 Å². The standard InChI is InChI=1S/C17H15N3O2/c1-11-6-8-12(9-7-11)16-13-4-2-3-5-14(13)17(20-19-16)18-10-15(21)22/h2-9H,10H2,1H3,(H,18,20)(H,21,22). The van der Waals surface area contributed by atoms with Crippen molar-refractivity contribution in [2.45, 2.75) is 6.92 Å². The summed E-state index contributed by atoms with van der Waals surface area (Å²) in [5.74, 6) is -0.456. The number of nitrogens with one attached hydrogen (secondary N) is 1. The largest absolute Gasteiger partial charge is 0.480 e. The van der Waals surface area contributed by atoms with Gasteiger partial charge in [0.15, 0.2) is 5.82 Å². The maximum Gasteiger partial charge on any atom is 0.322 e. The molecule has 0 unspecified atom stereocenters. The molecule has 5 heteroatoms. The topological polar surface area (TPSA) is 75.1 Å². The Morgan fingerprint density at radius 2 is 1.73 bits per heavy atom. The number of benzene rings is 2. The molecule has 22 heavy (non-hydrogen) atoms. The quantitative estimate of drug-likeness (QED) is 0.773. The van der Waals surface area contributed by atoms with E-state index in [9.17, 15) is 4.79 Å². The van der Waals surface area contributed by atoms with Gasteiger partial charge in [0.2, 0.25) is 0 Å². The van der Waals surface area contributed by atoms with Crippen LogP contribution in [0.25, 0.3) is 22.0 Å². The molecule has 3 aromatic rings. The number of aryl methyl sites for hydroxylation is 1. The number of nitrogens with zero attached hydrogens (tertiary/aromatic N) is 2. The van der Waals surface area contributed by atoms with Crippen molar-refractivity contribution in [3.63, 3.8) is 0 Å². The average molecular weight is 293 g/mol. The number of carbonyl (C=O) groups is 1. The monoisotopic (exact) mass is 293 g/mol. The van der Waals surface area contributed by atoms with Crippen LogP contribution >= 0.6 is 0 Å². The second-order valence-corrected chi connectivity index (χ2v) is 5.06. The molecule has 110 valence electrons. The number of carboxylic acids is 1.